The first-order valence-electron chi connectivity index (χ1n) is 5.64. The largest absolute Gasteiger partial charge is 0.377 e. The molecule has 0 aromatic heterocycles. The first-order chi connectivity index (χ1) is 7.69. The van der Waals surface area contributed by atoms with Crippen molar-refractivity contribution in [3.63, 3.8) is 0 Å². The maximum atomic E-state index is 11.7. The van der Waals surface area contributed by atoms with Crippen molar-refractivity contribution >= 4 is 17.4 Å². The lowest BCUT2D eigenvalue weighted by atomic mass is 10.1. The number of ketones is 1. The Balaban J connectivity index is 4.37. The molecule has 0 spiro atoms. The molecule has 0 unspecified atom stereocenters. The van der Waals surface area contributed by atoms with Crippen LogP contribution in [0.3, 0.4) is 0 Å². The van der Waals surface area contributed by atoms with Crippen LogP contribution in [0.2, 0.25) is 0 Å². The van der Waals surface area contributed by atoms with E-state index in [1.54, 1.807) is 6.20 Å². The Morgan fingerprint density at radius 3 is 2.44 bits per heavy atom. The number of unbranched alkanes of at least 4 members (excludes halogenated alkanes) is 1. The van der Waals surface area contributed by atoms with Gasteiger partial charge in [-0.1, -0.05) is 0 Å². The molecule has 0 amide bonds. The zero-order chi connectivity index (χ0) is 12.4. The first kappa shape index (κ1) is 15.0. The van der Waals surface area contributed by atoms with Crippen LogP contribution in [0.5, 0.6) is 0 Å². The number of carbonyl (C=O) groups is 1. The van der Waals surface area contributed by atoms with Crippen molar-refractivity contribution < 1.29 is 4.79 Å². The van der Waals surface area contributed by atoms with Gasteiger partial charge in [-0.2, -0.15) is 5.26 Å². The lowest BCUT2D eigenvalue weighted by molar-refractivity contribution is -0.115. The second-order valence-corrected chi connectivity index (χ2v) is 3.82. The molecule has 0 N–H and O–H groups in total. The Kier molecular flexibility index (Phi) is 8.65. The minimum atomic E-state index is -0.0838. The fraction of sp³-hybridized carbons (Fsp3) is 0.667. The van der Waals surface area contributed by atoms with E-state index in [4.69, 9.17) is 16.9 Å². The van der Waals surface area contributed by atoms with Gasteiger partial charge < -0.3 is 4.90 Å². The monoisotopic (exact) mass is 242 g/mol. The number of Topliss-reactive ketones (excluding diaryl/α,β-unsaturated/α-hetero) is 1. The lowest BCUT2D eigenvalue weighted by Crippen LogP contribution is -2.18. The summed E-state index contributed by atoms with van der Waals surface area (Å²) in [6.07, 6.45) is 3.63. The van der Waals surface area contributed by atoms with E-state index in [1.807, 2.05) is 24.8 Å². The van der Waals surface area contributed by atoms with Crippen molar-refractivity contribution in [2.45, 2.75) is 33.1 Å². The van der Waals surface area contributed by atoms with Gasteiger partial charge >= 0.3 is 0 Å². The van der Waals surface area contributed by atoms with E-state index in [1.165, 1.54) is 0 Å². The highest BCUT2D eigenvalue weighted by atomic mass is 35.5. The number of alkyl halides is 1. The van der Waals surface area contributed by atoms with Gasteiger partial charge in [0.1, 0.15) is 11.6 Å². The van der Waals surface area contributed by atoms with Gasteiger partial charge in [0.2, 0.25) is 0 Å². The van der Waals surface area contributed by atoms with Crippen LogP contribution >= 0.6 is 11.6 Å². The Morgan fingerprint density at radius 1 is 1.38 bits per heavy atom. The Hall–Kier alpha value is -1.01. The van der Waals surface area contributed by atoms with Crippen LogP contribution in [0, 0.1) is 11.3 Å². The predicted molar refractivity (Wildman–Crippen MR) is 66.2 cm³/mol. The molecular weight excluding hydrogens is 224 g/mol. The molecule has 0 saturated carbocycles. The van der Waals surface area contributed by atoms with Crippen LogP contribution in [0.1, 0.15) is 33.1 Å². The molecule has 0 radical (unpaired) electrons. The van der Waals surface area contributed by atoms with Crippen molar-refractivity contribution in [1.29, 1.82) is 5.26 Å². The van der Waals surface area contributed by atoms with Crippen molar-refractivity contribution in [3.05, 3.63) is 11.8 Å². The maximum absolute atomic E-state index is 11.7. The zero-order valence-electron chi connectivity index (χ0n) is 10.0. The molecule has 0 aromatic rings. The molecule has 16 heavy (non-hydrogen) atoms. The van der Waals surface area contributed by atoms with E-state index >= 15 is 0 Å². The molecular formula is C12H19ClN2O. The molecule has 0 fully saturated rings. The number of allylic oxidation sites excluding steroid dienone is 1. The van der Waals surface area contributed by atoms with E-state index in [-0.39, 0.29) is 11.4 Å². The summed E-state index contributed by atoms with van der Waals surface area (Å²) in [6.45, 7) is 5.59. The zero-order valence-corrected chi connectivity index (χ0v) is 10.8. The van der Waals surface area contributed by atoms with Crippen molar-refractivity contribution in [3.8, 4) is 6.07 Å². The molecule has 4 heteroatoms. The number of rotatable bonds is 8. The van der Waals surface area contributed by atoms with E-state index in [2.05, 4.69) is 0 Å². The molecule has 0 aliphatic rings. The second kappa shape index (κ2) is 9.23. The summed E-state index contributed by atoms with van der Waals surface area (Å²) in [5.74, 6) is 0.481. The smallest absolute Gasteiger partial charge is 0.174 e. The molecule has 0 saturated heterocycles. The van der Waals surface area contributed by atoms with Gasteiger partial charge in [-0.3, -0.25) is 4.79 Å². The number of nitrogens with zero attached hydrogens (tertiary/aromatic N) is 2. The number of halogens is 1. The summed E-state index contributed by atoms with van der Waals surface area (Å²) in [4.78, 5) is 13.6. The van der Waals surface area contributed by atoms with Crippen LogP contribution in [0.4, 0.5) is 0 Å². The minimum Gasteiger partial charge on any atom is -0.377 e. The Bertz CT molecular complexity index is 277. The second-order valence-electron chi connectivity index (χ2n) is 3.45. The Morgan fingerprint density at radius 2 is 2.00 bits per heavy atom. The standard InChI is InChI=1S/C12H19ClN2O/c1-3-15(4-2)10-11(9-14)12(16)7-5-6-8-13/h10H,3-8H2,1-2H3. The molecule has 0 heterocycles. The van der Waals surface area contributed by atoms with E-state index < -0.39 is 0 Å². The van der Waals surface area contributed by atoms with Crippen LogP contribution < -0.4 is 0 Å². The number of carbonyl (C=O) groups excluding carboxylic acids is 1. The van der Waals surface area contributed by atoms with E-state index in [9.17, 15) is 4.79 Å². The average molecular weight is 243 g/mol. The lowest BCUT2D eigenvalue weighted by Gasteiger charge is -2.15. The van der Waals surface area contributed by atoms with Crippen LogP contribution in [0.25, 0.3) is 0 Å². The normalized spacial score (nSPS) is 11.0. The summed E-state index contributed by atoms with van der Waals surface area (Å²) >= 11 is 5.53. The van der Waals surface area contributed by atoms with E-state index in [0.29, 0.717) is 12.3 Å². The molecule has 0 aromatic carbocycles. The van der Waals surface area contributed by atoms with Crippen molar-refractivity contribution in [1.82, 2.24) is 4.90 Å². The SMILES string of the molecule is CCN(C=C(C#N)C(=O)CCCCCl)CC. The molecule has 3 nitrogen and oxygen atoms in total. The minimum absolute atomic E-state index is 0.0838. The Labute approximate surface area is 103 Å². The van der Waals surface area contributed by atoms with Crippen molar-refractivity contribution in [2.24, 2.45) is 0 Å². The number of nitriles is 1. The van der Waals surface area contributed by atoms with Crippen LogP contribution in [-0.4, -0.2) is 29.7 Å². The van der Waals surface area contributed by atoms with Gasteiger partial charge in [-0.25, -0.2) is 0 Å². The first-order valence-corrected chi connectivity index (χ1v) is 6.18. The summed E-state index contributed by atoms with van der Waals surface area (Å²) in [7, 11) is 0. The van der Waals surface area contributed by atoms with Gasteiger partial charge in [0.05, 0.1) is 0 Å². The molecule has 0 atom stereocenters. The highest BCUT2D eigenvalue weighted by Gasteiger charge is 2.09. The predicted octanol–water partition coefficient (Wildman–Crippen LogP) is 2.71. The van der Waals surface area contributed by atoms with Gasteiger partial charge in [0, 0.05) is 31.6 Å². The number of hydrogen-bond acceptors (Lipinski definition) is 3. The quantitative estimate of drug-likeness (QED) is 0.285. The summed E-state index contributed by atoms with van der Waals surface area (Å²) in [5.41, 5.74) is 0.248. The van der Waals surface area contributed by atoms with Gasteiger partial charge in [0.25, 0.3) is 0 Å². The summed E-state index contributed by atoms with van der Waals surface area (Å²) < 4.78 is 0. The third-order valence-electron chi connectivity index (χ3n) is 2.33. The summed E-state index contributed by atoms with van der Waals surface area (Å²) in [5, 5.41) is 8.90. The van der Waals surface area contributed by atoms with Gasteiger partial charge in [0.15, 0.2) is 5.78 Å². The molecule has 0 aliphatic heterocycles. The fourth-order valence-corrected chi connectivity index (χ4v) is 1.46. The molecule has 0 aliphatic carbocycles. The van der Waals surface area contributed by atoms with Crippen molar-refractivity contribution in [2.75, 3.05) is 19.0 Å². The van der Waals surface area contributed by atoms with E-state index in [0.717, 1.165) is 25.9 Å². The molecule has 90 valence electrons. The highest BCUT2D eigenvalue weighted by Crippen LogP contribution is 2.06. The fourth-order valence-electron chi connectivity index (χ4n) is 1.27. The highest BCUT2D eigenvalue weighted by molar-refractivity contribution is 6.17. The molecule has 0 rings (SSSR count). The third kappa shape index (κ3) is 5.77. The number of hydrogen-bond donors (Lipinski definition) is 0. The molecule has 0 bridgehead atoms. The third-order valence-corrected chi connectivity index (χ3v) is 2.60. The average Bonchev–Trinajstić information content (AvgIpc) is 2.31. The van der Waals surface area contributed by atoms with Gasteiger partial charge in [-0.05, 0) is 26.7 Å². The van der Waals surface area contributed by atoms with Crippen LogP contribution in [0.15, 0.2) is 11.8 Å². The summed E-state index contributed by atoms with van der Waals surface area (Å²) in [6, 6.07) is 1.96. The van der Waals surface area contributed by atoms with Gasteiger partial charge in [-0.15, -0.1) is 11.6 Å². The van der Waals surface area contributed by atoms with Crippen LogP contribution in [-0.2, 0) is 4.79 Å². The maximum Gasteiger partial charge on any atom is 0.174 e. The topological polar surface area (TPSA) is 44.1 Å².